The van der Waals surface area contributed by atoms with Crippen LogP contribution in [0.5, 0.6) is 0 Å². The van der Waals surface area contributed by atoms with Gasteiger partial charge in [0.1, 0.15) is 5.54 Å². The first-order valence-corrected chi connectivity index (χ1v) is 8.61. The maximum absolute atomic E-state index is 12.9. The van der Waals surface area contributed by atoms with Crippen molar-refractivity contribution >= 4 is 11.6 Å². The minimum Gasteiger partial charge on any atom is -0.339 e. The summed E-state index contributed by atoms with van der Waals surface area (Å²) in [6, 6.07) is 13.3. The number of para-hydroxylation sites is 1. The summed E-state index contributed by atoms with van der Waals surface area (Å²) in [5.41, 5.74) is 1.61. The van der Waals surface area contributed by atoms with Gasteiger partial charge in [-0.25, -0.2) is 4.98 Å². The average Bonchev–Trinajstić information content (AvgIpc) is 2.96. The lowest BCUT2D eigenvalue weighted by atomic mass is 9.85. The Kier molecular flexibility index (Phi) is 4.13. The van der Waals surface area contributed by atoms with Gasteiger partial charge >= 0.3 is 0 Å². The fourth-order valence-corrected chi connectivity index (χ4v) is 3.87. The summed E-state index contributed by atoms with van der Waals surface area (Å²) in [6.45, 7) is 2.95. The van der Waals surface area contributed by atoms with Gasteiger partial charge < -0.3 is 10.2 Å². The summed E-state index contributed by atoms with van der Waals surface area (Å²) in [5, 5.41) is 3.02. The van der Waals surface area contributed by atoms with E-state index in [1.165, 1.54) is 6.07 Å². The predicted molar refractivity (Wildman–Crippen MR) is 93.4 cm³/mol. The van der Waals surface area contributed by atoms with Crippen LogP contribution >= 0.6 is 0 Å². The van der Waals surface area contributed by atoms with Gasteiger partial charge in [0, 0.05) is 31.5 Å². The molecule has 1 aromatic heterocycles. The van der Waals surface area contributed by atoms with Crippen LogP contribution in [0.25, 0.3) is 0 Å². The lowest BCUT2D eigenvalue weighted by molar-refractivity contribution is -0.125. The van der Waals surface area contributed by atoms with Crippen LogP contribution in [0.3, 0.4) is 0 Å². The number of likely N-dealkylation sites (tertiary alicyclic amines) is 1. The molecular formula is C19H21FN4O. The highest BCUT2D eigenvalue weighted by Crippen LogP contribution is 2.36. The maximum Gasteiger partial charge on any atom is 0.247 e. The lowest BCUT2D eigenvalue weighted by Gasteiger charge is -2.43. The van der Waals surface area contributed by atoms with Crippen LogP contribution in [-0.4, -0.2) is 41.1 Å². The van der Waals surface area contributed by atoms with E-state index >= 15 is 0 Å². The lowest BCUT2D eigenvalue weighted by Crippen LogP contribution is -2.56. The van der Waals surface area contributed by atoms with Gasteiger partial charge in [0.25, 0.3) is 0 Å². The molecule has 2 saturated heterocycles. The second kappa shape index (κ2) is 6.44. The summed E-state index contributed by atoms with van der Waals surface area (Å²) < 4.78 is 12.9. The molecule has 0 saturated carbocycles. The molecule has 2 aromatic rings. The molecule has 5 nitrogen and oxygen atoms in total. The molecule has 1 N–H and O–H groups in total. The Morgan fingerprint density at radius 2 is 1.88 bits per heavy atom. The fourth-order valence-electron chi connectivity index (χ4n) is 3.87. The smallest absolute Gasteiger partial charge is 0.247 e. The van der Waals surface area contributed by atoms with E-state index in [4.69, 9.17) is 0 Å². The van der Waals surface area contributed by atoms with E-state index in [2.05, 4.69) is 32.2 Å². The number of nitrogens with one attached hydrogen (secondary N) is 1. The average molecular weight is 340 g/mol. The van der Waals surface area contributed by atoms with Crippen LogP contribution in [0.1, 0.15) is 18.4 Å². The van der Waals surface area contributed by atoms with Crippen molar-refractivity contribution in [3.8, 4) is 0 Å². The molecule has 0 unspecified atom stereocenters. The molecule has 0 atom stereocenters. The molecule has 130 valence electrons. The van der Waals surface area contributed by atoms with Crippen molar-refractivity contribution < 1.29 is 9.18 Å². The van der Waals surface area contributed by atoms with Crippen LogP contribution in [-0.2, 0) is 11.3 Å². The summed E-state index contributed by atoms with van der Waals surface area (Å²) in [4.78, 5) is 20.8. The van der Waals surface area contributed by atoms with Gasteiger partial charge in [-0.05, 0) is 36.6 Å². The number of carbonyl (C=O) groups excluding carboxylic acids is 1. The van der Waals surface area contributed by atoms with E-state index < -0.39 is 11.5 Å². The maximum atomic E-state index is 12.9. The van der Waals surface area contributed by atoms with Crippen molar-refractivity contribution in [3.05, 3.63) is 60.2 Å². The van der Waals surface area contributed by atoms with Crippen molar-refractivity contribution in [2.75, 3.05) is 24.7 Å². The van der Waals surface area contributed by atoms with Crippen molar-refractivity contribution in [2.45, 2.75) is 24.9 Å². The van der Waals surface area contributed by atoms with Crippen molar-refractivity contribution in [1.29, 1.82) is 0 Å². The Balaban J connectivity index is 1.47. The number of carbonyl (C=O) groups is 1. The molecule has 0 radical (unpaired) electrons. The van der Waals surface area contributed by atoms with Crippen molar-refractivity contribution in [1.82, 2.24) is 15.2 Å². The number of aromatic nitrogens is 1. The van der Waals surface area contributed by atoms with E-state index in [1.54, 1.807) is 12.3 Å². The predicted octanol–water partition coefficient (Wildman–Crippen LogP) is 2.15. The van der Waals surface area contributed by atoms with E-state index in [-0.39, 0.29) is 5.91 Å². The standard InChI is InChI=1S/C19H21FN4O/c20-17-7-6-15(12-21-17)13-23-10-8-19(9-11-23)18(25)22-14-24(19)16-4-2-1-3-5-16/h1-7,12H,8-11,13-14H2,(H,22,25). The molecular weight excluding hydrogens is 319 g/mol. The number of halogens is 1. The number of hydrogen-bond donors (Lipinski definition) is 1. The number of piperidine rings is 1. The SMILES string of the molecule is O=C1NCN(c2ccccc2)C12CCN(Cc1ccc(F)nc1)CC2. The summed E-state index contributed by atoms with van der Waals surface area (Å²) in [6.07, 6.45) is 3.14. The quantitative estimate of drug-likeness (QED) is 0.870. The number of rotatable bonds is 3. The molecule has 0 aliphatic carbocycles. The number of nitrogens with zero attached hydrogens (tertiary/aromatic N) is 3. The van der Waals surface area contributed by atoms with Crippen LogP contribution in [0.15, 0.2) is 48.7 Å². The zero-order chi connectivity index (χ0) is 17.3. The molecule has 0 bridgehead atoms. The summed E-state index contributed by atoms with van der Waals surface area (Å²) in [7, 11) is 0. The van der Waals surface area contributed by atoms with Gasteiger partial charge in [-0.15, -0.1) is 0 Å². The second-order valence-electron chi connectivity index (χ2n) is 6.72. The molecule has 1 amide bonds. The number of hydrogen-bond acceptors (Lipinski definition) is 4. The number of benzene rings is 1. The first-order chi connectivity index (χ1) is 12.2. The second-order valence-corrected chi connectivity index (χ2v) is 6.72. The molecule has 1 spiro atoms. The highest BCUT2D eigenvalue weighted by Gasteiger charge is 2.50. The summed E-state index contributed by atoms with van der Waals surface area (Å²) in [5.74, 6) is -0.332. The molecule has 6 heteroatoms. The third kappa shape index (κ3) is 2.98. The summed E-state index contributed by atoms with van der Waals surface area (Å²) >= 11 is 0. The Hall–Kier alpha value is -2.47. The van der Waals surface area contributed by atoms with Gasteiger partial charge in [-0.2, -0.15) is 4.39 Å². The minimum absolute atomic E-state index is 0.124. The Bertz CT molecular complexity index is 742. The van der Waals surface area contributed by atoms with Crippen molar-refractivity contribution in [3.63, 3.8) is 0 Å². The molecule has 1 aromatic carbocycles. The van der Waals surface area contributed by atoms with Crippen LogP contribution in [0.4, 0.5) is 10.1 Å². The monoisotopic (exact) mass is 340 g/mol. The fraction of sp³-hybridized carbons (Fsp3) is 0.368. The van der Waals surface area contributed by atoms with Crippen LogP contribution in [0, 0.1) is 5.95 Å². The largest absolute Gasteiger partial charge is 0.339 e. The molecule has 4 rings (SSSR count). The Morgan fingerprint density at radius 1 is 1.12 bits per heavy atom. The minimum atomic E-state index is -0.459. The van der Waals surface area contributed by atoms with E-state index in [0.29, 0.717) is 6.67 Å². The van der Waals surface area contributed by atoms with E-state index in [0.717, 1.165) is 43.7 Å². The Labute approximate surface area is 146 Å². The Morgan fingerprint density at radius 3 is 2.56 bits per heavy atom. The van der Waals surface area contributed by atoms with Gasteiger partial charge in [0.2, 0.25) is 11.9 Å². The molecule has 25 heavy (non-hydrogen) atoms. The molecule has 2 fully saturated rings. The van der Waals surface area contributed by atoms with Gasteiger partial charge in [-0.1, -0.05) is 24.3 Å². The normalized spacial score (nSPS) is 20.0. The molecule has 3 heterocycles. The van der Waals surface area contributed by atoms with Gasteiger partial charge in [-0.3, -0.25) is 9.69 Å². The van der Waals surface area contributed by atoms with Crippen LogP contribution in [0.2, 0.25) is 0 Å². The zero-order valence-corrected chi connectivity index (χ0v) is 14.0. The van der Waals surface area contributed by atoms with E-state index in [1.807, 2.05) is 18.2 Å². The van der Waals surface area contributed by atoms with Crippen LogP contribution < -0.4 is 10.2 Å². The third-order valence-corrected chi connectivity index (χ3v) is 5.28. The molecule has 2 aliphatic rings. The zero-order valence-electron chi connectivity index (χ0n) is 14.0. The van der Waals surface area contributed by atoms with Gasteiger partial charge in [0.05, 0.1) is 6.67 Å². The van der Waals surface area contributed by atoms with Crippen molar-refractivity contribution in [2.24, 2.45) is 0 Å². The number of pyridine rings is 1. The highest BCUT2D eigenvalue weighted by atomic mass is 19.1. The number of amides is 1. The first-order valence-electron chi connectivity index (χ1n) is 8.61. The van der Waals surface area contributed by atoms with E-state index in [9.17, 15) is 9.18 Å². The highest BCUT2D eigenvalue weighted by molar-refractivity contribution is 5.93. The molecule has 2 aliphatic heterocycles. The van der Waals surface area contributed by atoms with Gasteiger partial charge in [0.15, 0.2) is 0 Å². The number of anilines is 1. The topological polar surface area (TPSA) is 48.5 Å². The first kappa shape index (κ1) is 16.0. The third-order valence-electron chi connectivity index (χ3n) is 5.28.